The number of methoxy groups -OCH3 is 1. The van der Waals surface area contributed by atoms with Crippen molar-refractivity contribution < 1.29 is 19.7 Å². The molecule has 2 heterocycles. The largest absolute Gasteiger partial charge is 0.490 e. The molecule has 0 spiro atoms. The van der Waals surface area contributed by atoms with Crippen LogP contribution in [0.15, 0.2) is 28.4 Å². The number of nitrogens with zero attached hydrogens (tertiary/aromatic N) is 1. The van der Waals surface area contributed by atoms with E-state index in [0.29, 0.717) is 0 Å². The number of aromatic nitrogens is 2. The van der Waals surface area contributed by atoms with E-state index in [1.807, 2.05) is 0 Å². The Kier molecular flexibility index (Phi) is 3.80. The van der Waals surface area contributed by atoms with Gasteiger partial charge in [0.05, 0.1) is 26.0 Å². The van der Waals surface area contributed by atoms with Crippen molar-refractivity contribution in [3.8, 4) is 5.75 Å². The summed E-state index contributed by atoms with van der Waals surface area (Å²) in [5, 5.41) is 19.3. The van der Waals surface area contributed by atoms with Crippen LogP contribution in [0.4, 0.5) is 0 Å². The first-order valence-corrected chi connectivity index (χ1v) is 5.97. The zero-order chi connectivity index (χ0) is 14.9. The van der Waals surface area contributed by atoms with Crippen molar-refractivity contribution in [1.82, 2.24) is 9.55 Å². The Hall–Kier alpha value is -1.90. The average Bonchev–Trinajstić information content (AvgIpc) is 2.76. The minimum Gasteiger partial charge on any atom is -0.490 e. The molecule has 0 saturated carbocycles. The summed E-state index contributed by atoms with van der Waals surface area (Å²) < 4.78 is 11.5. The number of aliphatic hydroxyl groups excluding tert-OH is 2. The third-order valence-corrected chi connectivity index (χ3v) is 3.40. The molecular weight excluding hydrogens is 268 g/mol. The molecule has 0 radical (unpaired) electrons. The van der Waals surface area contributed by atoms with Crippen LogP contribution in [0.1, 0.15) is 12.6 Å². The van der Waals surface area contributed by atoms with E-state index in [2.05, 4.69) is 11.6 Å². The van der Waals surface area contributed by atoms with Gasteiger partial charge < -0.3 is 19.7 Å². The van der Waals surface area contributed by atoms with Crippen molar-refractivity contribution in [3.63, 3.8) is 0 Å². The maximum atomic E-state index is 11.8. The summed E-state index contributed by atoms with van der Waals surface area (Å²) in [4.78, 5) is 25.3. The monoisotopic (exact) mass is 284 g/mol. The Morgan fingerprint density at radius 2 is 2.40 bits per heavy atom. The smallest absolute Gasteiger partial charge is 0.330 e. The number of ether oxygens (including phenoxy) is 2. The number of rotatable bonds is 4. The first kappa shape index (κ1) is 14.5. The quantitative estimate of drug-likeness (QED) is 0.595. The fourth-order valence-electron chi connectivity index (χ4n) is 2.16. The molecule has 0 aromatic carbocycles. The third-order valence-electron chi connectivity index (χ3n) is 3.40. The van der Waals surface area contributed by atoms with E-state index >= 15 is 0 Å². The molecule has 1 aliphatic heterocycles. The molecule has 3 N–H and O–H groups in total. The van der Waals surface area contributed by atoms with Crippen LogP contribution in [0.25, 0.3) is 0 Å². The second kappa shape index (κ2) is 5.23. The van der Waals surface area contributed by atoms with Gasteiger partial charge in [-0.25, -0.2) is 4.79 Å². The summed E-state index contributed by atoms with van der Waals surface area (Å²) >= 11 is 0. The predicted molar refractivity (Wildman–Crippen MR) is 68.6 cm³/mol. The number of H-pyrrole nitrogens is 1. The third kappa shape index (κ3) is 2.17. The van der Waals surface area contributed by atoms with Gasteiger partial charge >= 0.3 is 5.69 Å². The topological polar surface area (TPSA) is 114 Å². The molecule has 2 rings (SSSR count). The van der Waals surface area contributed by atoms with E-state index in [1.165, 1.54) is 19.4 Å². The van der Waals surface area contributed by atoms with Gasteiger partial charge in [-0.05, 0) is 0 Å². The van der Waals surface area contributed by atoms with E-state index in [0.717, 1.165) is 4.57 Å². The van der Waals surface area contributed by atoms with E-state index in [1.54, 1.807) is 0 Å². The zero-order valence-corrected chi connectivity index (χ0v) is 10.9. The lowest BCUT2D eigenvalue weighted by molar-refractivity contribution is -0.0974. The lowest BCUT2D eigenvalue weighted by Crippen LogP contribution is -2.41. The zero-order valence-electron chi connectivity index (χ0n) is 10.9. The van der Waals surface area contributed by atoms with Crippen molar-refractivity contribution in [2.45, 2.75) is 24.4 Å². The number of aromatic amines is 1. The van der Waals surface area contributed by atoms with Crippen molar-refractivity contribution in [2.75, 3.05) is 13.7 Å². The fourth-order valence-corrected chi connectivity index (χ4v) is 2.16. The summed E-state index contributed by atoms with van der Waals surface area (Å²) in [5.74, 6) is -0.0530. The van der Waals surface area contributed by atoms with Crippen molar-refractivity contribution >= 4 is 0 Å². The Morgan fingerprint density at radius 1 is 1.70 bits per heavy atom. The molecule has 3 atom stereocenters. The number of aliphatic hydroxyl groups is 2. The van der Waals surface area contributed by atoms with E-state index in [-0.39, 0.29) is 12.2 Å². The SMILES string of the molecule is C=C[C@]1(CO)O[C@@H](n2cc(OC)c(=O)[nH]c2=O)C[C@@H]1O. The Balaban J connectivity index is 2.42. The summed E-state index contributed by atoms with van der Waals surface area (Å²) in [5.41, 5.74) is -2.66. The molecule has 0 bridgehead atoms. The highest BCUT2D eigenvalue weighted by Crippen LogP contribution is 2.36. The number of hydrogen-bond acceptors (Lipinski definition) is 6. The standard InChI is InChI=1S/C12H16N2O6/c1-3-12(6-15)8(16)4-9(20-12)14-5-7(19-2)10(17)13-11(14)18/h3,5,8-9,15-16H,1,4,6H2,2H3,(H,13,17,18)/t8-,9+,12+/m0/s1. The van der Waals surface area contributed by atoms with Crippen molar-refractivity contribution in [2.24, 2.45) is 0 Å². The molecule has 1 saturated heterocycles. The summed E-state index contributed by atoms with van der Waals surface area (Å²) in [6.07, 6.45) is 0.718. The second-order valence-electron chi connectivity index (χ2n) is 4.51. The Labute approximate surface area is 113 Å². The minimum atomic E-state index is -1.33. The van der Waals surface area contributed by atoms with Gasteiger partial charge in [0.2, 0.25) is 5.75 Å². The van der Waals surface area contributed by atoms with Gasteiger partial charge in [-0.3, -0.25) is 14.3 Å². The van der Waals surface area contributed by atoms with Gasteiger partial charge in [-0.1, -0.05) is 6.08 Å². The van der Waals surface area contributed by atoms with Crippen LogP contribution in [-0.4, -0.2) is 45.2 Å². The molecule has 1 aromatic heterocycles. The van der Waals surface area contributed by atoms with Gasteiger partial charge in [0.1, 0.15) is 11.8 Å². The minimum absolute atomic E-state index is 0.0530. The number of nitrogens with one attached hydrogen (secondary N) is 1. The van der Waals surface area contributed by atoms with Crippen LogP contribution < -0.4 is 16.0 Å². The van der Waals surface area contributed by atoms with Crippen molar-refractivity contribution in [3.05, 3.63) is 39.7 Å². The maximum Gasteiger partial charge on any atom is 0.330 e. The highest BCUT2D eigenvalue weighted by Gasteiger charge is 2.46. The van der Waals surface area contributed by atoms with E-state index in [9.17, 15) is 19.8 Å². The van der Waals surface area contributed by atoms with Gasteiger partial charge in [0.25, 0.3) is 5.56 Å². The van der Waals surface area contributed by atoms with Crippen LogP contribution >= 0.6 is 0 Å². The molecule has 110 valence electrons. The average molecular weight is 284 g/mol. The van der Waals surface area contributed by atoms with Crippen LogP contribution in [0.5, 0.6) is 5.75 Å². The van der Waals surface area contributed by atoms with Gasteiger partial charge in [-0.15, -0.1) is 6.58 Å². The lowest BCUT2D eigenvalue weighted by atomic mass is 9.98. The Bertz CT molecular complexity index is 621. The van der Waals surface area contributed by atoms with Crippen LogP contribution in [0.3, 0.4) is 0 Å². The van der Waals surface area contributed by atoms with Crippen LogP contribution in [0, 0.1) is 0 Å². The van der Waals surface area contributed by atoms with Gasteiger partial charge in [-0.2, -0.15) is 0 Å². The first-order valence-electron chi connectivity index (χ1n) is 5.97. The highest BCUT2D eigenvalue weighted by atomic mass is 16.6. The normalized spacial score (nSPS) is 29.4. The van der Waals surface area contributed by atoms with Crippen LogP contribution in [-0.2, 0) is 4.74 Å². The molecule has 0 unspecified atom stereocenters. The first-order chi connectivity index (χ1) is 9.47. The maximum absolute atomic E-state index is 11.8. The highest BCUT2D eigenvalue weighted by molar-refractivity contribution is 5.13. The Morgan fingerprint density at radius 3 is 2.90 bits per heavy atom. The molecule has 0 amide bonds. The van der Waals surface area contributed by atoms with E-state index in [4.69, 9.17) is 9.47 Å². The predicted octanol–water partition coefficient (Wildman–Crippen LogP) is -1.26. The summed E-state index contributed by atoms with van der Waals surface area (Å²) in [7, 11) is 1.30. The molecule has 1 aromatic rings. The summed E-state index contributed by atoms with van der Waals surface area (Å²) in [6.45, 7) is 3.05. The molecular formula is C12H16N2O6. The fraction of sp³-hybridized carbons (Fsp3) is 0.500. The molecule has 8 heteroatoms. The molecule has 20 heavy (non-hydrogen) atoms. The molecule has 1 aliphatic rings. The molecule has 8 nitrogen and oxygen atoms in total. The molecule has 1 fully saturated rings. The van der Waals surface area contributed by atoms with Crippen molar-refractivity contribution in [1.29, 1.82) is 0 Å². The van der Waals surface area contributed by atoms with Gasteiger partial charge in [0, 0.05) is 6.42 Å². The lowest BCUT2D eigenvalue weighted by Gasteiger charge is -2.26. The van der Waals surface area contributed by atoms with Crippen LogP contribution in [0.2, 0.25) is 0 Å². The second-order valence-corrected chi connectivity index (χ2v) is 4.51. The summed E-state index contributed by atoms with van der Waals surface area (Å²) in [6, 6.07) is 0. The van der Waals surface area contributed by atoms with Gasteiger partial charge in [0.15, 0.2) is 0 Å². The molecule has 0 aliphatic carbocycles. The number of hydrogen-bond donors (Lipinski definition) is 3. The van der Waals surface area contributed by atoms with E-state index < -0.39 is 35.8 Å².